The number of hydrogen-bond acceptors (Lipinski definition) is 4. The largest absolute Gasteiger partial charge is 0.507 e. The summed E-state index contributed by atoms with van der Waals surface area (Å²) in [5.74, 6) is -4.46. The molecule has 0 unspecified atom stereocenters. The van der Waals surface area contributed by atoms with E-state index in [0.29, 0.717) is 0 Å². The number of carboxylic acid groups (broad SMARTS) is 2. The highest BCUT2D eigenvalue weighted by Crippen LogP contribution is 2.27. The van der Waals surface area contributed by atoms with E-state index >= 15 is 0 Å². The van der Waals surface area contributed by atoms with Crippen LogP contribution in [0.3, 0.4) is 0 Å². The summed E-state index contributed by atoms with van der Waals surface area (Å²) in [5.41, 5.74) is -1.60. The van der Waals surface area contributed by atoms with Gasteiger partial charge in [0.25, 0.3) is 0 Å². The predicted molar refractivity (Wildman–Crippen MR) is 71.9 cm³/mol. The van der Waals surface area contributed by atoms with E-state index in [1.165, 1.54) is 12.1 Å². The molecule has 21 heavy (non-hydrogen) atoms. The molecule has 0 atom stereocenters. The minimum absolute atomic E-state index is 0.133. The number of aromatic carboxylic acids is 2. The van der Waals surface area contributed by atoms with Crippen molar-refractivity contribution < 1.29 is 29.7 Å². The van der Waals surface area contributed by atoms with E-state index in [2.05, 4.69) is 0 Å². The number of ketones is 1. The Labute approximate surface area is 118 Å². The summed E-state index contributed by atoms with van der Waals surface area (Å²) in [6.45, 7) is 0. The number of phenols is 1. The van der Waals surface area contributed by atoms with Gasteiger partial charge in [0.1, 0.15) is 11.3 Å². The van der Waals surface area contributed by atoms with Crippen LogP contribution in [0, 0.1) is 0 Å². The van der Waals surface area contributed by atoms with Crippen LogP contribution in [0.2, 0.25) is 0 Å². The minimum atomic E-state index is -1.57. The minimum Gasteiger partial charge on any atom is -0.507 e. The molecule has 0 heterocycles. The summed E-state index contributed by atoms with van der Waals surface area (Å²) in [6, 6.07) is 9.60. The fraction of sp³-hybridized carbons (Fsp3) is 0. The maximum atomic E-state index is 12.4. The lowest BCUT2D eigenvalue weighted by Crippen LogP contribution is -2.16. The molecule has 3 N–H and O–H groups in total. The quantitative estimate of drug-likeness (QED) is 0.741. The van der Waals surface area contributed by atoms with Crippen LogP contribution in [0.4, 0.5) is 0 Å². The zero-order chi connectivity index (χ0) is 15.6. The molecule has 2 aromatic carbocycles. The lowest BCUT2D eigenvalue weighted by molar-refractivity contribution is 0.0687. The molecule has 0 aromatic heterocycles. The molecular formula is C15H10O6. The van der Waals surface area contributed by atoms with E-state index < -0.39 is 40.2 Å². The fourth-order valence-corrected chi connectivity index (χ4v) is 1.96. The molecule has 0 saturated carbocycles. The van der Waals surface area contributed by atoms with E-state index in [1.807, 2.05) is 0 Å². The maximum Gasteiger partial charge on any atom is 0.340 e. The van der Waals surface area contributed by atoms with E-state index in [9.17, 15) is 19.5 Å². The van der Waals surface area contributed by atoms with Gasteiger partial charge in [-0.2, -0.15) is 0 Å². The monoisotopic (exact) mass is 286 g/mol. The summed E-state index contributed by atoms with van der Waals surface area (Å²) in [5, 5.41) is 27.9. The van der Waals surface area contributed by atoms with Gasteiger partial charge in [-0.25, -0.2) is 9.59 Å². The van der Waals surface area contributed by atoms with Crippen LogP contribution < -0.4 is 0 Å². The van der Waals surface area contributed by atoms with E-state index in [4.69, 9.17) is 10.2 Å². The average molecular weight is 286 g/mol. The number of benzene rings is 2. The van der Waals surface area contributed by atoms with Crippen LogP contribution in [-0.4, -0.2) is 33.0 Å². The molecule has 0 bridgehead atoms. The van der Waals surface area contributed by atoms with Crippen molar-refractivity contribution in [3.05, 3.63) is 64.7 Å². The van der Waals surface area contributed by atoms with Gasteiger partial charge in [0.15, 0.2) is 5.78 Å². The highest BCUT2D eigenvalue weighted by molar-refractivity contribution is 6.19. The summed E-state index contributed by atoms with van der Waals surface area (Å²) >= 11 is 0. The fourth-order valence-electron chi connectivity index (χ4n) is 1.96. The second-order valence-corrected chi connectivity index (χ2v) is 4.19. The van der Waals surface area contributed by atoms with Gasteiger partial charge < -0.3 is 15.3 Å². The normalized spacial score (nSPS) is 10.1. The van der Waals surface area contributed by atoms with Crippen LogP contribution in [0.25, 0.3) is 0 Å². The Morgan fingerprint density at radius 2 is 1.38 bits per heavy atom. The highest BCUT2D eigenvalue weighted by atomic mass is 16.4. The first-order chi connectivity index (χ1) is 9.93. The van der Waals surface area contributed by atoms with E-state index in [-0.39, 0.29) is 5.56 Å². The molecule has 2 aromatic rings. The Hall–Kier alpha value is -3.15. The SMILES string of the molecule is O=C(O)c1ccc(O)c(C(=O)O)c1C(=O)c1ccccc1. The van der Waals surface area contributed by atoms with Crippen molar-refractivity contribution in [3.8, 4) is 5.75 Å². The van der Waals surface area contributed by atoms with Crippen molar-refractivity contribution in [2.45, 2.75) is 0 Å². The third kappa shape index (κ3) is 2.59. The zero-order valence-corrected chi connectivity index (χ0v) is 10.6. The third-order valence-corrected chi connectivity index (χ3v) is 2.89. The lowest BCUT2D eigenvalue weighted by Gasteiger charge is -2.10. The summed E-state index contributed by atoms with van der Waals surface area (Å²) < 4.78 is 0. The third-order valence-electron chi connectivity index (χ3n) is 2.89. The smallest absolute Gasteiger partial charge is 0.340 e. The molecule has 0 aliphatic rings. The number of rotatable bonds is 4. The van der Waals surface area contributed by atoms with Gasteiger partial charge >= 0.3 is 11.9 Å². The Bertz CT molecular complexity index is 733. The van der Waals surface area contributed by atoms with Gasteiger partial charge in [0, 0.05) is 5.56 Å². The first-order valence-corrected chi connectivity index (χ1v) is 5.85. The maximum absolute atomic E-state index is 12.4. The molecule has 6 nitrogen and oxygen atoms in total. The van der Waals surface area contributed by atoms with Crippen LogP contribution in [0.5, 0.6) is 5.75 Å². The van der Waals surface area contributed by atoms with Gasteiger partial charge in [-0.15, -0.1) is 0 Å². The Kier molecular flexibility index (Phi) is 3.71. The Morgan fingerprint density at radius 3 is 1.90 bits per heavy atom. The second-order valence-electron chi connectivity index (χ2n) is 4.19. The standard InChI is InChI=1S/C15H10O6/c16-10-7-6-9(14(18)19)11(12(10)15(20)21)13(17)8-4-2-1-3-5-8/h1-7,16H,(H,18,19)(H,20,21). The molecule has 0 saturated heterocycles. The molecule has 2 rings (SSSR count). The Morgan fingerprint density at radius 1 is 0.762 bits per heavy atom. The summed E-state index contributed by atoms with van der Waals surface area (Å²) in [6.07, 6.45) is 0. The molecule has 106 valence electrons. The molecule has 0 aliphatic heterocycles. The van der Waals surface area contributed by atoms with E-state index in [0.717, 1.165) is 12.1 Å². The topological polar surface area (TPSA) is 112 Å². The van der Waals surface area contributed by atoms with Crippen molar-refractivity contribution in [1.82, 2.24) is 0 Å². The number of carbonyl (C=O) groups excluding carboxylic acids is 1. The van der Waals surface area contributed by atoms with Crippen molar-refractivity contribution in [1.29, 1.82) is 0 Å². The number of aromatic hydroxyl groups is 1. The van der Waals surface area contributed by atoms with Gasteiger partial charge in [-0.3, -0.25) is 4.79 Å². The van der Waals surface area contributed by atoms with Crippen LogP contribution in [0.15, 0.2) is 42.5 Å². The average Bonchev–Trinajstić information content (AvgIpc) is 2.46. The van der Waals surface area contributed by atoms with E-state index in [1.54, 1.807) is 18.2 Å². The molecular weight excluding hydrogens is 276 g/mol. The molecule has 6 heteroatoms. The van der Waals surface area contributed by atoms with Gasteiger partial charge in [-0.05, 0) is 12.1 Å². The number of carboxylic acids is 2. The first kappa shape index (κ1) is 14.3. The molecule has 0 radical (unpaired) electrons. The lowest BCUT2D eigenvalue weighted by atomic mass is 9.93. The zero-order valence-electron chi connectivity index (χ0n) is 10.6. The van der Waals surface area contributed by atoms with Crippen molar-refractivity contribution in [3.63, 3.8) is 0 Å². The number of carbonyl (C=O) groups is 3. The van der Waals surface area contributed by atoms with Crippen molar-refractivity contribution >= 4 is 17.7 Å². The molecule has 0 fully saturated rings. The molecule has 0 aliphatic carbocycles. The van der Waals surface area contributed by atoms with Crippen LogP contribution >= 0.6 is 0 Å². The Balaban J connectivity index is 2.76. The van der Waals surface area contributed by atoms with Crippen molar-refractivity contribution in [2.75, 3.05) is 0 Å². The predicted octanol–water partition coefficient (Wildman–Crippen LogP) is 2.02. The molecule has 0 amide bonds. The van der Waals surface area contributed by atoms with Crippen molar-refractivity contribution in [2.24, 2.45) is 0 Å². The van der Waals surface area contributed by atoms with Crippen LogP contribution in [0.1, 0.15) is 36.6 Å². The van der Waals surface area contributed by atoms with Crippen LogP contribution in [-0.2, 0) is 0 Å². The van der Waals surface area contributed by atoms with Gasteiger partial charge in [0.2, 0.25) is 0 Å². The summed E-state index contributed by atoms with van der Waals surface area (Å²) in [7, 11) is 0. The van der Waals surface area contributed by atoms with Gasteiger partial charge in [0.05, 0.1) is 11.1 Å². The first-order valence-electron chi connectivity index (χ1n) is 5.85. The second kappa shape index (κ2) is 5.46. The summed E-state index contributed by atoms with van der Waals surface area (Å²) in [4.78, 5) is 34.9. The van der Waals surface area contributed by atoms with Gasteiger partial charge in [-0.1, -0.05) is 30.3 Å². The number of hydrogen-bond donors (Lipinski definition) is 3. The highest BCUT2D eigenvalue weighted by Gasteiger charge is 2.27. The molecule has 0 spiro atoms.